The normalized spacial score (nSPS) is 10.9. The maximum absolute atomic E-state index is 13.6. The van der Waals surface area contributed by atoms with Crippen LogP contribution < -0.4 is 10.2 Å². The standard InChI is InChI=1S/C24H17ClO5/c1-29-19-12-11-17-22(28)21(14-5-3-2-4-6-14)23(15-7-9-16(25)10-8-15)30-24(17)18(19)13-20(26)27/h2-12H,13H2,1H3,(H,26,27). The van der Waals surface area contributed by atoms with Crippen LogP contribution in [0.25, 0.3) is 33.4 Å². The summed E-state index contributed by atoms with van der Waals surface area (Å²) in [5.74, 6) is -0.360. The third kappa shape index (κ3) is 3.55. The molecule has 0 saturated heterocycles. The Labute approximate surface area is 177 Å². The Morgan fingerprint density at radius 1 is 1.00 bits per heavy atom. The highest BCUT2D eigenvalue weighted by molar-refractivity contribution is 6.30. The number of methoxy groups -OCH3 is 1. The van der Waals surface area contributed by atoms with Crippen molar-refractivity contribution < 1.29 is 19.1 Å². The molecule has 0 fully saturated rings. The number of rotatable bonds is 5. The molecular formula is C24H17ClO5. The monoisotopic (exact) mass is 420 g/mol. The van der Waals surface area contributed by atoms with E-state index in [2.05, 4.69) is 0 Å². The van der Waals surface area contributed by atoms with Gasteiger partial charge in [0, 0.05) is 16.1 Å². The van der Waals surface area contributed by atoms with Gasteiger partial charge in [-0.3, -0.25) is 9.59 Å². The predicted octanol–water partition coefficient (Wildman–Crippen LogP) is 5.42. The fourth-order valence-electron chi connectivity index (χ4n) is 3.48. The Hall–Kier alpha value is -3.57. The van der Waals surface area contributed by atoms with E-state index in [1.54, 1.807) is 36.4 Å². The topological polar surface area (TPSA) is 76.7 Å². The van der Waals surface area contributed by atoms with E-state index in [0.29, 0.717) is 44.2 Å². The first kappa shape index (κ1) is 19.7. The van der Waals surface area contributed by atoms with E-state index in [1.807, 2.05) is 30.3 Å². The SMILES string of the molecule is COc1ccc2c(=O)c(-c3ccccc3)c(-c3ccc(Cl)cc3)oc2c1CC(=O)O. The zero-order chi connectivity index (χ0) is 21.3. The van der Waals surface area contributed by atoms with Gasteiger partial charge in [0.15, 0.2) is 0 Å². The summed E-state index contributed by atoms with van der Waals surface area (Å²) in [5.41, 5.74) is 2.02. The van der Waals surface area contributed by atoms with Gasteiger partial charge >= 0.3 is 5.97 Å². The van der Waals surface area contributed by atoms with Crippen LogP contribution in [0.3, 0.4) is 0 Å². The molecule has 150 valence electrons. The quantitative estimate of drug-likeness (QED) is 0.466. The second-order valence-corrected chi connectivity index (χ2v) is 7.14. The Bertz CT molecular complexity index is 1290. The molecule has 4 aromatic rings. The highest BCUT2D eigenvalue weighted by Gasteiger charge is 2.22. The molecule has 3 aromatic carbocycles. The van der Waals surface area contributed by atoms with Crippen molar-refractivity contribution in [1.29, 1.82) is 0 Å². The molecule has 0 aliphatic rings. The van der Waals surface area contributed by atoms with Gasteiger partial charge in [0.25, 0.3) is 0 Å². The number of aliphatic carboxylic acids is 1. The molecule has 4 rings (SSSR count). The van der Waals surface area contributed by atoms with Crippen molar-refractivity contribution in [2.24, 2.45) is 0 Å². The van der Waals surface area contributed by atoms with Crippen molar-refractivity contribution in [3.63, 3.8) is 0 Å². The van der Waals surface area contributed by atoms with E-state index >= 15 is 0 Å². The lowest BCUT2D eigenvalue weighted by Crippen LogP contribution is -2.10. The fraction of sp³-hybridized carbons (Fsp3) is 0.0833. The summed E-state index contributed by atoms with van der Waals surface area (Å²) in [4.78, 5) is 25.0. The molecule has 30 heavy (non-hydrogen) atoms. The van der Waals surface area contributed by atoms with E-state index in [0.717, 1.165) is 0 Å². The second-order valence-electron chi connectivity index (χ2n) is 6.70. The highest BCUT2D eigenvalue weighted by atomic mass is 35.5. The summed E-state index contributed by atoms with van der Waals surface area (Å²) in [6, 6.07) is 19.3. The summed E-state index contributed by atoms with van der Waals surface area (Å²) >= 11 is 6.03. The molecule has 0 saturated carbocycles. The van der Waals surface area contributed by atoms with Crippen LogP contribution in [-0.4, -0.2) is 18.2 Å². The minimum atomic E-state index is -1.05. The Morgan fingerprint density at radius 2 is 1.70 bits per heavy atom. The Balaban J connectivity index is 2.13. The number of carbonyl (C=O) groups is 1. The van der Waals surface area contributed by atoms with Gasteiger partial charge in [-0.2, -0.15) is 0 Å². The predicted molar refractivity (Wildman–Crippen MR) is 116 cm³/mol. The van der Waals surface area contributed by atoms with Crippen LogP contribution in [0.4, 0.5) is 0 Å². The van der Waals surface area contributed by atoms with E-state index < -0.39 is 5.97 Å². The molecule has 1 aromatic heterocycles. The molecule has 0 aliphatic carbocycles. The first-order valence-corrected chi connectivity index (χ1v) is 9.57. The van der Waals surface area contributed by atoms with Gasteiger partial charge in [0.2, 0.25) is 5.43 Å². The molecule has 6 heteroatoms. The molecule has 0 amide bonds. The average Bonchev–Trinajstić information content (AvgIpc) is 2.75. The van der Waals surface area contributed by atoms with Crippen molar-refractivity contribution in [1.82, 2.24) is 0 Å². The van der Waals surface area contributed by atoms with Gasteiger partial charge in [-0.05, 0) is 42.0 Å². The number of benzene rings is 3. The molecule has 1 heterocycles. The first-order chi connectivity index (χ1) is 14.5. The lowest BCUT2D eigenvalue weighted by molar-refractivity contribution is -0.136. The summed E-state index contributed by atoms with van der Waals surface area (Å²) < 4.78 is 11.6. The van der Waals surface area contributed by atoms with Gasteiger partial charge < -0.3 is 14.3 Å². The summed E-state index contributed by atoms with van der Waals surface area (Å²) in [6.45, 7) is 0. The zero-order valence-electron chi connectivity index (χ0n) is 16.0. The van der Waals surface area contributed by atoms with Crippen LogP contribution in [0.2, 0.25) is 5.02 Å². The third-order valence-corrected chi connectivity index (χ3v) is 5.09. The van der Waals surface area contributed by atoms with Crippen molar-refractivity contribution in [2.75, 3.05) is 7.11 Å². The fourth-order valence-corrected chi connectivity index (χ4v) is 3.60. The number of carboxylic acid groups (broad SMARTS) is 1. The molecule has 0 spiro atoms. The van der Waals surface area contributed by atoms with Gasteiger partial charge in [0.1, 0.15) is 17.1 Å². The zero-order valence-corrected chi connectivity index (χ0v) is 16.8. The molecule has 1 N–H and O–H groups in total. The minimum absolute atomic E-state index is 0.200. The molecule has 0 unspecified atom stereocenters. The molecular weight excluding hydrogens is 404 g/mol. The van der Waals surface area contributed by atoms with Gasteiger partial charge in [-0.1, -0.05) is 41.9 Å². The maximum Gasteiger partial charge on any atom is 0.308 e. The van der Waals surface area contributed by atoms with Crippen LogP contribution in [0, 0.1) is 0 Å². The minimum Gasteiger partial charge on any atom is -0.496 e. The molecule has 0 atom stereocenters. The number of hydrogen-bond donors (Lipinski definition) is 1. The van der Waals surface area contributed by atoms with E-state index in [-0.39, 0.29) is 17.4 Å². The number of carboxylic acids is 1. The average molecular weight is 421 g/mol. The maximum atomic E-state index is 13.6. The largest absolute Gasteiger partial charge is 0.496 e. The highest BCUT2D eigenvalue weighted by Crippen LogP contribution is 2.36. The summed E-state index contributed by atoms with van der Waals surface area (Å²) in [5, 5.41) is 10.2. The van der Waals surface area contributed by atoms with E-state index in [4.69, 9.17) is 20.8 Å². The lowest BCUT2D eigenvalue weighted by atomic mass is 9.97. The van der Waals surface area contributed by atoms with Crippen molar-refractivity contribution in [2.45, 2.75) is 6.42 Å². The van der Waals surface area contributed by atoms with Gasteiger partial charge in [-0.15, -0.1) is 0 Å². The van der Waals surface area contributed by atoms with Crippen LogP contribution in [-0.2, 0) is 11.2 Å². The molecule has 5 nitrogen and oxygen atoms in total. The van der Waals surface area contributed by atoms with E-state index in [1.165, 1.54) is 7.11 Å². The molecule has 0 radical (unpaired) electrons. The van der Waals surface area contributed by atoms with Crippen LogP contribution in [0.15, 0.2) is 75.9 Å². The summed E-state index contributed by atoms with van der Waals surface area (Å²) in [7, 11) is 1.45. The first-order valence-electron chi connectivity index (χ1n) is 9.19. The molecule has 0 bridgehead atoms. The van der Waals surface area contributed by atoms with Crippen LogP contribution in [0.5, 0.6) is 5.75 Å². The third-order valence-electron chi connectivity index (χ3n) is 4.84. The molecule has 0 aliphatic heterocycles. The number of hydrogen-bond acceptors (Lipinski definition) is 4. The Kier molecular flexibility index (Phi) is 5.29. The number of fused-ring (bicyclic) bond motifs is 1. The lowest BCUT2D eigenvalue weighted by Gasteiger charge is -2.14. The van der Waals surface area contributed by atoms with Crippen molar-refractivity contribution in [3.8, 4) is 28.2 Å². The number of halogens is 1. The smallest absolute Gasteiger partial charge is 0.308 e. The van der Waals surface area contributed by atoms with Crippen LogP contribution >= 0.6 is 11.6 Å². The van der Waals surface area contributed by atoms with Gasteiger partial charge in [0.05, 0.1) is 24.5 Å². The van der Waals surface area contributed by atoms with E-state index in [9.17, 15) is 14.7 Å². The van der Waals surface area contributed by atoms with Gasteiger partial charge in [-0.25, -0.2) is 0 Å². The number of ether oxygens (including phenoxy) is 1. The Morgan fingerprint density at radius 3 is 2.33 bits per heavy atom. The second kappa shape index (κ2) is 8.05. The van der Waals surface area contributed by atoms with Crippen molar-refractivity contribution in [3.05, 3.63) is 87.5 Å². The van der Waals surface area contributed by atoms with Crippen LogP contribution in [0.1, 0.15) is 5.56 Å². The van der Waals surface area contributed by atoms with Crippen molar-refractivity contribution >= 4 is 28.5 Å². The summed E-state index contributed by atoms with van der Waals surface area (Å²) in [6.07, 6.45) is -0.339.